The molecule has 4 amide bonds. The van der Waals surface area contributed by atoms with Crippen LogP contribution in [0.2, 0.25) is 0 Å². The Morgan fingerprint density at radius 2 is 1.71 bits per heavy atom. The summed E-state index contributed by atoms with van der Waals surface area (Å²) in [5, 5.41) is 0. The molecule has 1 aliphatic heterocycles. The highest BCUT2D eigenvalue weighted by molar-refractivity contribution is 6.05. The molecule has 28 heavy (non-hydrogen) atoms. The van der Waals surface area contributed by atoms with Gasteiger partial charge in [0.2, 0.25) is 17.7 Å². The number of nitrogens with zero attached hydrogens (tertiary/aromatic N) is 1. The summed E-state index contributed by atoms with van der Waals surface area (Å²) in [6.45, 7) is -0.414. The maximum absolute atomic E-state index is 13.0. The van der Waals surface area contributed by atoms with E-state index in [0.29, 0.717) is 0 Å². The summed E-state index contributed by atoms with van der Waals surface area (Å²) in [5.74, 6) is -2.35. The summed E-state index contributed by atoms with van der Waals surface area (Å²) in [6.07, 6.45) is 3.22. The molecule has 1 saturated heterocycles. The SMILES string of the molecule is O=C(CCN1C(=O)[C@@H]2CCCC[C@H]2C1=O)NNC(=O)COc1cccc(F)c1. The van der Waals surface area contributed by atoms with Crippen LogP contribution in [0.5, 0.6) is 5.75 Å². The van der Waals surface area contributed by atoms with Crippen molar-refractivity contribution in [3.05, 3.63) is 30.1 Å². The first-order valence-corrected chi connectivity index (χ1v) is 9.27. The Morgan fingerprint density at radius 3 is 2.36 bits per heavy atom. The molecule has 0 unspecified atom stereocenters. The number of amides is 4. The van der Waals surface area contributed by atoms with Crippen molar-refractivity contribution in [1.29, 1.82) is 0 Å². The van der Waals surface area contributed by atoms with Gasteiger partial charge < -0.3 is 4.74 Å². The largest absolute Gasteiger partial charge is 0.484 e. The number of carbonyl (C=O) groups excluding carboxylic acids is 4. The lowest BCUT2D eigenvalue weighted by Gasteiger charge is -2.19. The second kappa shape index (κ2) is 8.81. The third-order valence-corrected chi connectivity index (χ3v) is 5.00. The quantitative estimate of drug-likeness (QED) is 0.554. The molecule has 0 aromatic heterocycles. The summed E-state index contributed by atoms with van der Waals surface area (Å²) in [5.41, 5.74) is 4.37. The fraction of sp³-hybridized carbons (Fsp3) is 0.474. The van der Waals surface area contributed by atoms with Gasteiger partial charge in [-0.25, -0.2) is 4.39 Å². The van der Waals surface area contributed by atoms with E-state index in [-0.39, 0.29) is 42.4 Å². The van der Waals surface area contributed by atoms with E-state index in [0.717, 1.165) is 36.6 Å². The maximum atomic E-state index is 13.0. The van der Waals surface area contributed by atoms with Crippen molar-refractivity contribution in [2.75, 3.05) is 13.2 Å². The highest BCUT2D eigenvalue weighted by Gasteiger charge is 2.47. The highest BCUT2D eigenvalue weighted by Crippen LogP contribution is 2.37. The first-order valence-electron chi connectivity index (χ1n) is 9.27. The molecule has 2 fully saturated rings. The number of nitrogens with one attached hydrogen (secondary N) is 2. The highest BCUT2D eigenvalue weighted by atomic mass is 19.1. The predicted octanol–water partition coefficient (Wildman–Crippen LogP) is 0.917. The van der Waals surface area contributed by atoms with Gasteiger partial charge in [-0.1, -0.05) is 18.9 Å². The van der Waals surface area contributed by atoms with Crippen LogP contribution in [-0.4, -0.2) is 41.7 Å². The number of carbonyl (C=O) groups is 4. The van der Waals surface area contributed by atoms with Crippen LogP contribution in [0.25, 0.3) is 0 Å². The fourth-order valence-corrected chi connectivity index (χ4v) is 3.61. The molecule has 150 valence electrons. The minimum Gasteiger partial charge on any atom is -0.484 e. The molecule has 0 radical (unpaired) electrons. The van der Waals surface area contributed by atoms with Gasteiger partial charge in [-0.05, 0) is 25.0 Å². The van der Waals surface area contributed by atoms with Gasteiger partial charge in [-0.15, -0.1) is 0 Å². The van der Waals surface area contributed by atoms with E-state index in [2.05, 4.69) is 10.9 Å². The van der Waals surface area contributed by atoms with Crippen molar-refractivity contribution in [3.8, 4) is 5.75 Å². The van der Waals surface area contributed by atoms with E-state index in [9.17, 15) is 23.6 Å². The zero-order valence-electron chi connectivity index (χ0n) is 15.3. The average molecular weight is 391 g/mol. The van der Waals surface area contributed by atoms with Crippen LogP contribution in [0.3, 0.4) is 0 Å². The van der Waals surface area contributed by atoms with Crippen molar-refractivity contribution in [2.24, 2.45) is 11.8 Å². The standard InChI is InChI=1S/C19H22FN3O5/c20-12-4-3-5-13(10-12)28-11-17(25)22-21-16(24)8-9-23-18(26)14-6-1-2-7-15(14)19(23)27/h3-5,10,14-15H,1-2,6-9,11H2,(H,21,24)(H,22,25)/t14-,15-/m1/s1. The van der Waals surface area contributed by atoms with Gasteiger partial charge in [-0.2, -0.15) is 0 Å². The van der Waals surface area contributed by atoms with Crippen LogP contribution in [0.15, 0.2) is 24.3 Å². The van der Waals surface area contributed by atoms with Crippen LogP contribution >= 0.6 is 0 Å². The Hall–Kier alpha value is -2.97. The molecule has 8 nitrogen and oxygen atoms in total. The summed E-state index contributed by atoms with van der Waals surface area (Å²) in [6, 6.07) is 5.32. The molecule has 1 aliphatic carbocycles. The predicted molar refractivity (Wildman–Crippen MR) is 95.0 cm³/mol. The molecular weight excluding hydrogens is 369 g/mol. The fourth-order valence-electron chi connectivity index (χ4n) is 3.61. The van der Waals surface area contributed by atoms with E-state index < -0.39 is 24.2 Å². The van der Waals surface area contributed by atoms with Crippen LogP contribution in [0.1, 0.15) is 32.1 Å². The van der Waals surface area contributed by atoms with E-state index in [1.54, 1.807) is 0 Å². The number of rotatable bonds is 6. The molecule has 2 N–H and O–H groups in total. The lowest BCUT2D eigenvalue weighted by molar-refractivity contribution is -0.140. The molecule has 3 rings (SSSR count). The Kier molecular flexibility index (Phi) is 6.23. The number of likely N-dealkylation sites (tertiary alicyclic amines) is 1. The molecule has 1 saturated carbocycles. The number of ether oxygens (including phenoxy) is 1. The minimum atomic E-state index is -0.628. The number of hydrogen-bond donors (Lipinski definition) is 2. The topological polar surface area (TPSA) is 105 Å². The van der Waals surface area contributed by atoms with Gasteiger partial charge in [0.05, 0.1) is 11.8 Å². The lowest BCUT2D eigenvalue weighted by Crippen LogP contribution is -2.45. The second-order valence-electron chi connectivity index (χ2n) is 6.92. The van der Waals surface area contributed by atoms with Gasteiger partial charge in [0.25, 0.3) is 5.91 Å². The summed E-state index contributed by atoms with van der Waals surface area (Å²) in [4.78, 5) is 49.4. The number of halogens is 1. The molecule has 2 atom stereocenters. The first kappa shape index (κ1) is 19.8. The zero-order valence-corrected chi connectivity index (χ0v) is 15.3. The number of fused-ring (bicyclic) bond motifs is 1. The first-order chi connectivity index (χ1) is 13.5. The molecule has 0 spiro atoms. The molecule has 9 heteroatoms. The number of hydrazine groups is 1. The van der Waals surface area contributed by atoms with Crippen molar-refractivity contribution < 1.29 is 28.3 Å². The monoisotopic (exact) mass is 391 g/mol. The summed E-state index contributed by atoms with van der Waals surface area (Å²) < 4.78 is 18.1. The lowest BCUT2D eigenvalue weighted by atomic mass is 9.81. The van der Waals surface area contributed by atoms with Gasteiger partial charge in [0.15, 0.2) is 6.61 Å². The van der Waals surface area contributed by atoms with Crippen molar-refractivity contribution in [3.63, 3.8) is 0 Å². The maximum Gasteiger partial charge on any atom is 0.276 e. The van der Waals surface area contributed by atoms with E-state index in [1.807, 2.05) is 0 Å². The van der Waals surface area contributed by atoms with Crippen molar-refractivity contribution in [2.45, 2.75) is 32.1 Å². The second-order valence-corrected chi connectivity index (χ2v) is 6.92. The Morgan fingerprint density at radius 1 is 1.07 bits per heavy atom. The molecule has 1 aromatic carbocycles. The molecular formula is C19H22FN3O5. The third-order valence-electron chi connectivity index (χ3n) is 5.00. The van der Waals surface area contributed by atoms with Gasteiger partial charge in [0.1, 0.15) is 11.6 Å². The normalized spacial score (nSPS) is 21.2. The van der Waals surface area contributed by atoms with E-state index >= 15 is 0 Å². The van der Waals surface area contributed by atoms with Gasteiger partial charge in [0, 0.05) is 19.0 Å². The zero-order chi connectivity index (χ0) is 20.1. The number of benzene rings is 1. The Balaban J connectivity index is 1.38. The average Bonchev–Trinajstić information content (AvgIpc) is 2.94. The molecule has 1 heterocycles. The Labute approximate surface area is 161 Å². The number of imide groups is 1. The van der Waals surface area contributed by atoms with E-state index in [1.165, 1.54) is 18.2 Å². The smallest absolute Gasteiger partial charge is 0.276 e. The van der Waals surface area contributed by atoms with Crippen LogP contribution < -0.4 is 15.6 Å². The van der Waals surface area contributed by atoms with E-state index in [4.69, 9.17) is 4.74 Å². The van der Waals surface area contributed by atoms with Crippen molar-refractivity contribution in [1.82, 2.24) is 15.8 Å². The van der Waals surface area contributed by atoms with Gasteiger partial charge in [-0.3, -0.25) is 34.9 Å². The minimum absolute atomic E-state index is 0.00778. The van der Waals surface area contributed by atoms with Gasteiger partial charge >= 0.3 is 0 Å². The van der Waals surface area contributed by atoms with Crippen LogP contribution in [0, 0.1) is 17.7 Å². The third kappa shape index (κ3) is 4.65. The van der Waals surface area contributed by atoms with Crippen molar-refractivity contribution >= 4 is 23.6 Å². The van der Waals surface area contributed by atoms with Crippen LogP contribution in [0.4, 0.5) is 4.39 Å². The van der Waals surface area contributed by atoms with Crippen LogP contribution in [-0.2, 0) is 19.2 Å². The summed E-state index contributed by atoms with van der Waals surface area (Å²) >= 11 is 0. The molecule has 0 bridgehead atoms. The summed E-state index contributed by atoms with van der Waals surface area (Å²) in [7, 11) is 0. The molecule has 1 aromatic rings. The number of hydrogen-bond acceptors (Lipinski definition) is 5. The molecule has 2 aliphatic rings. The Bertz CT molecular complexity index is 761.